The highest BCUT2D eigenvalue weighted by molar-refractivity contribution is 7.89. The van der Waals surface area contributed by atoms with Gasteiger partial charge >= 0.3 is 0 Å². The number of nitrogens with two attached hydrogens (primary N) is 2. The zero-order valence-corrected chi connectivity index (χ0v) is 10.9. The molecule has 1 rings (SSSR count). The molecule has 5 nitrogen and oxygen atoms in total. The van der Waals surface area contributed by atoms with E-state index in [0.29, 0.717) is 12.2 Å². The number of hydrogen-bond donors (Lipinski definition) is 3. The summed E-state index contributed by atoms with van der Waals surface area (Å²) in [6.07, 6.45) is 0. The number of nitrogens with one attached hydrogen (secondary N) is 1. The Morgan fingerprint density at radius 1 is 1.12 bits per heavy atom. The zero-order chi connectivity index (χ0) is 10.6. The largest absolute Gasteiger partial charge is 0.399 e. The third kappa shape index (κ3) is 7.58. The highest BCUT2D eigenvalue weighted by Crippen LogP contribution is 2.09. The van der Waals surface area contributed by atoms with Crippen LogP contribution in [0, 0.1) is 0 Å². The van der Waals surface area contributed by atoms with Crippen molar-refractivity contribution in [1.29, 1.82) is 0 Å². The first-order valence-electron chi connectivity index (χ1n) is 4.07. The van der Waals surface area contributed by atoms with E-state index in [4.69, 9.17) is 10.9 Å². The maximum atomic E-state index is 10.6. The van der Waals surface area contributed by atoms with E-state index in [1.54, 1.807) is 24.3 Å². The molecular weight excluding hydrogens is 273 g/mol. The van der Waals surface area contributed by atoms with Crippen molar-refractivity contribution >= 4 is 46.2 Å². The highest BCUT2D eigenvalue weighted by Gasteiger charge is 2.00. The van der Waals surface area contributed by atoms with Crippen LogP contribution in [-0.2, 0) is 10.0 Å². The summed E-state index contributed by atoms with van der Waals surface area (Å²) in [6.45, 7) is 0.294. The molecule has 5 N–H and O–H groups in total. The van der Waals surface area contributed by atoms with Gasteiger partial charge in [0.2, 0.25) is 10.0 Å². The number of benzene rings is 1. The van der Waals surface area contributed by atoms with Crippen molar-refractivity contribution in [1.82, 2.24) is 0 Å². The molecule has 0 saturated heterocycles. The summed E-state index contributed by atoms with van der Waals surface area (Å²) in [6, 6.07) is 7.02. The smallest absolute Gasteiger partial charge is 0.210 e. The van der Waals surface area contributed by atoms with Crippen LogP contribution in [0.15, 0.2) is 24.3 Å². The SMILES string of the molecule is Cl.Cl.Nc1ccc(NCCS(N)(=O)=O)cc1. The van der Waals surface area contributed by atoms with Crippen LogP contribution in [0.1, 0.15) is 0 Å². The lowest BCUT2D eigenvalue weighted by Crippen LogP contribution is -2.22. The van der Waals surface area contributed by atoms with Crippen molar-refractivity contribution in [2.75, 3.05) is 23.3 Å². The van der Waals surface area contributed by atoms with Gasteiger partial charge in [-0.1, -0.05) is 0 Å². The van der Waals surface area contributed by atoms with Gasteiger partial charge in [-0.25, -0.2) is 13.6 Å². The van der Waals surface area contributed by atoms with Gasteiger partial charge in [-0.3, -0.25) is 0 Å². The maximum absolute atomic E-state index is 10.6. The van der Waals surface area contributed by atoms with E-state index < -0.39 is 10.0 Å². The lowest BCUT2D eigenvalue weighted by atomic mass is 10.3. The van der Waals surface area contributed by atoms with Crippen LogP contribution < -0.4 is 16.2 Å². The number of nitrogen functional groups attached to an aromatic ring is 1. The molecule has 1 aromatic rings. The molecular formula is C8H15Cl2N3O2S. The van der Waals surface area contributed by atoms with Gasteiger partial charge in [-0.15, -0.1) is 24.8 Å². The van der Waals surface area contributed by atoms with Gasteiger partial charge in [0.1, 0.15) is 0 Å². The van der Waals surface area contributed by atoms with Gasteiger partial charge in [-0.05, 0) is 24.3 Å². The van der Waals surface area contributed by atoms with E-state index in [9.17, 15) is 8.42 Å². The minimum Gasteiger partial charge on any atom is -0.399 e. The number of hydrogen-bond acceptors (Lipinski definition) is 4. The van der Waals surface area contributed by atoms with E-state index in [1.807, 2.05) is 0 Å². The quantitative estimate of drug-likeness (QED) is 0.714. The molecule has 0 spiro atoms. The number of anilines is 2. The van der Waals surface area contributed by atoms with E-state index in [2.05, 4.69) is 5.32 Å². The average molecular weight is 288 g/mol. The molecule has 0 bridgehead atoms. The first kappa shape index (κ1) is 17.7. The highest BCUT2D eigenvalue weighted by atomic mass is 35.5. The Labute approximate surface area is 107 Å². The topological polar surface area (TPSA) is 98.2 Å². The summed E-state index contributed by atoms with van der Waals surface area (Å²) in [4.78, 5) is 0. The number of primary sulfonamides is 1. The molecule has 0 heterocycles. The standard InChI is InChI=1S/C8H13N3O2S.2ClH/c9-7-1-3-8(4-2-7)11-5-6-14(10,12)13;;/h1-4,11H,5-6,9H2,(H2,10,12,13);2*1H. The molecule has 0 amide bonds. The molecule has 0 aliphatic rings. The Bertz CT molecular complexity index is 394. The number of rotatable bonds is 4. The molecule has 16 heavy (non-hydrogen) atoms. The molecule has 0 atom stereocenters. The Kier molecular flexibility index (Phi) is 8.36. The molecule has 0 unspecified atom stereocenters. The summed E-state index contributed by atoms with van der Waals surface area (Å²) < 4.78 is 21.2. The van der Waals surface area contributed by atoms with Crippen molar-refractivity contribution < 1.29 is 8.42 Å². The van der Waals surface area contributed by atoms with Crippen LogP contribution in [-0.4, -0.2) is 20.7 Å². The predicted molar refractivity (Wildman–Crippen MR) is 71.8 cm³/mol. The fraction of sp³-hybridized carbons (Fsp3) is 0.250. The van der Waals surface area contributed by atoms with E-state index in [1.165, 1.54) is 0 Å². The summed E-state index contributed by atoms with van der Waals surface area (Å²) >= 11 is 0. The number of sulfonamides is 1. The molecule has 0 aromatic heterocycles. The lowest BCUT2D eigenvalue weighted by molar-refractivity contribution is 0.598. The van der Waals surface area contributed by atoms with Gasteiger partial charge in [0.05, 0.1) is 5.75 Å². The van der Waals surface area contributed by atoms with Crippen molar-refractivity contribution in [3.05, 3.63) is 24.3 Å². The van der Waals surface area contributed by atoms with Crippen LogP contribution in [0.5, 0.6) is 0 Å². The van der Waals surface area contributed by atoms with Gasteiger partial charge in [0.15, 0.2) is 0 Å². The van der Waals surface area contributed by atoms with Crippen LogP contribution >= 0.6 is 24.8 Å². The summed E-state index contributed by atoms with van der Waals surface area (Å²) in [7, 11) is -3.39. The van der Waals surface area contributed by atoms with Crippen LogP contribution in [0.3, 0.4) is 0 Å². The Morgan fingerprint density at radius 3 is 2.06 bits per heavy atom. The summed E-state index contributed by atoms with van der Waals surface area (Å²) in [5.41, 5.74) is 6.97. The lowest BCUT2D eigenvalue weighted by Gasteiger charge is -2.04. The summed E-state index contributed by atoms with van der Waals surface area (Å²) in [5, 5.41) is 7.75. The molecule has 0 fully saturated rings. The second-order valence-electron chi connectivity index (χ2n) is 2.92. The minimum absolute atomic E-state index is 0. The Balaban J connectivity index is 0. The zero-order valence-electron chi connectivity index (χ0n) is 8.42. The molecule has 0 aliphatic carbocycles. The normalized spacial score (nSPS) is 9.81. The number of halogens is 2. The molecule has 1 aromatic carbocycles. The van der Waals surface area contributed by atoms with Gasteiger partial charge in [0, 0.05) is 17.9 Å². The molecule has 8 heteroatoms. The second kappa shape index (κ2) is 7.56. The fourth-order valence-corrected chi connectivity index (χ4v) is 1.33. The van der Waals surface area contributed by atoms with E-state index in [0.717, 1.165) is 5.69 Å². The van der Waals surface area contributed by atoms with E-state index >= 15 is 0 Å². The first-order valence-corrected chi connectivity index (χ1v) is 5.79. The van der Waals surface area contributed by atoms with Gasteiger partial charge in [-0.2, -0.15) is 0 Å². The molecule has 0 aliphatic heterocycles. The maximum Gasteiger partial charge on any atom is 0.210 e. The summed E-state index contributed by atoms with van der Waals surface area (Å²) in [5.74, 6) is -0.0859. The van der Waals surface area contributed by atoms with Gasteiger partial charge < -0.3 is 11.1 Å². The van der Waals surface area contributed by atoms with Crippen molar-refractivity contribution in [3.63, 3.8) is 0 Å². The Hall–Kier alpha value is -0.690. The van der Waals surface area contributed by atoms with Crippen LogP contribution in [0.2, 0.25) is 0 Å². The van der Waals surface area contributed by atoms with Gasteiger partial charge in [0.25, 0.3) is 0 Å². The molecule has 0 saturated carbocycles. The third-order valence-corrected chi connectivity index (χ3v) is 2.40. The average Bonchev–Trinajstić information content (AvgIpc) is 2.06. The monoisotopic (exact) mass is 287 g/mol. The van der Waals surface area contributed by atoms with Crippen molar-refractivity contribution in [3.8, 4) is 0 Å². The Morgan fingerprint density at radius 2 is 1.62 bits per heavy atom. The fourth-order valence-electron chi connectivity index (χ4n) is 0.939. The second-order valence-corrected chi connectivity index (χ2v) is 4.65. The minimum atomic E-state index is -3.39. The molecule has 0 radical (unpaired) electrons. The third-order valence-electron chi connectivity index (χ3n) is 1.63. The molecule has 94 valence electrons. The van der Waals surface area contributed by atoms with Crippen molar-refractivity contribution in [2.24, 2.45) is 5.14 Å². The van der Waals surface area contributed by atoms with Crippen LogP contribution in [0.25, 0.3) is 0 Å². The van der Waals surface area contributed by atoms with Crippen molar-refractivity contribution in [2.45, 2.75) is 0 Å². The predicted octanol–water partition coefficient (Wildman–Crippen LogP) is 0.813. The van der Waals surface area contributed by atoms with E-state index in [-0.39, 0.29) is 30.6 Å². The first-order chi connectivity index (χ1) is 6.47. The van der Waals surface area contributed by atoms with Crippen LogP contribution in [0.4, 0.5) is 11.4 Å².